The number of imidazole rings is 1. The number of aryl methyl sites for hydroxylation is 1. The van der Waals surface area contributed by atoms with Crippen molar-refractivity contribution >= 4 is 17.2 Å². The third kappa shape index (κ3) is 4.24. The molecule has 5 nitrogen and oxygen atoms in total. The molecule has 1 aromatic carbocycles. The maximum atomic E-state index is 10.3. The number of aromatic amines is 1. The van der Waals surface area contributed by atoms with Gasteiger partial charge in [0.2, 0.25) is 5.88 Å². The molecule has 2 heterocycles. The van der Waals surface area contributed by atoms with Crippen LogP contribution in [0.2, 0.25) is 0 Å². The van der Waals surface area contributed by atoms with Crippen LogP contribution >= 0.6 is 0 Å². The van der Waals surface area contributed by atoms with Crippen LogP contribution in [-0.4, -0.2) is 28.3 Å². The predicted molar refractivity (Wildman–Crippen MR) is 98.7 cm³/mol. The Bertz CT molecular complexity index is 842. The third-order valence-corrected chi connectivity index (χ3v) is 4.29. The minimum absolute atomic E-state index is 0.600. The van der Waals surface area contributed by atoms with E-state index in [1.165, 1.54) is 0 Å². The van der Waals surface area contributed by atoms with Gasteiger partial charge in [-0.25, -0.2) is 9.97 Å². The summed E-state index contributed by atoms with van der Waals surface area (Å²) in [5.41, 5.74) is 2.76. The molecule has 0 saturated carbocycles. The van der Waals surface area contributed by atoms with E-state index in [1.54, 1.807) is 7.11 Å². The molecule has 0 bridgehead atoms. The fourth-order valence-electron chi connectivity index (χ4n) is 2.95. The van der Waals surface area contributed by atoms with Crippen molar-refractivity contribution in [2.24, 2.45) is 0 Å². The maximum Gasteiger partial charge on any atom is 0.223 e. The quantitative estimate of drug-likeness (QED) is 0.466. The number of hydrogen-bond acceptors (Lipinski definition) is 4. The second-order valence-electron chi connectivity index (χ2n) is 6.10. The summed E-state index contributed by atoms with van der Waals surface area (Å²) < 4.78 is 5.47. The first-order valence-corrected chi connectivity index (χ1v) is 8.73. The van der Waals surface area contributed by atoms with Gasteiger partial charge in [0.15, 0.2) is 0 Å². The number of rotatable bonds is 9. The zero-order valence-corrected chi connectivity index (χ0v) is 14.5. The first-order valence-electron chi connectivity index (χ1n) is 8.73. The lowest BCUT2D eigenvalue weighted by molar-refractivity contribution is -0.107. The van der Waals surface area contributed by atoms with Crippen molar-refractivity contribution in [1.29, 1.82) is 0 Å². The summed E-state index contributed by atoms with van der Waals surface area (Å²) in [5, 5.41) is 1.07. The molecule has 0 atom stereocenters. The molecule has 0 spiro atoms. The molecule has 3 aromatic rings. The Morgan fingerprint density at radius 3 is 2.84 bits per heavy atom. The van der Waals surface area contributed by atoms with Crippen molar-refractivity contribution in [1.82, 2.24) is 15.0 Å². The number of nitrogens with one attached hydrogen (secondary N) is 1. The smallest absolute Gasteiger partial charge is 0.223 e. The molecule has 0 aliphatic rings. The van der Waals surface area contributed by atoms with E-state index in [1.807, 2.05) is 30.5 Å². The van der Waals surface area contributed by atoms with Crippen molar-refractivity contribution in [3.05, 3.63) is 42.4 Å². The zero-order valence-electron chi connectivity index (χ0n) is 14.5. The molecule has 5 heteroatoms. The number of ether oxygens (including phenoxy) is 1. The van der Waals surface area contributed by atoms with Crippen LogP contribution < -0.4 is 4.74 Å². The molecule has 3 rings (SSSR count). The largest absolute Gasteiger partial charge is 0.480 e. The van der Waals surface area contributed by atoms with Gasteiger partial charge in [-0.15, -0.1) is 0 Å². The van der Waals surface area contributed by atoms with Crippen LogP contribution in [-0.2, 0) is 11.2 Å². The Balaban J connectivity index is 1.71. The van der Waals surface area contributed by atoms with Crippen molar-refractivity contribution < 1.29 is 9.53 Å². The van der Waals surface area contributed by atoms with E-state index in [4.69, 9.17) is 4.74 Å². The lowest BCUT2D eigenvalue weighted by Gasteiger charge is -2.07. The number of pyridine rings is 1. The molecule has 0 aliphatic carbocycles. The lowest BCUT2D eigenvalue weighted by Crippen LogP contribution is -1.93. The molecular formula is C20H23N3O2. The Kier molecular flexibility index (Phi) is 5.77. The summed E-state index contributed by atoms with van der Waals surface area (Å²) in [7, 11) is 1.64. The van der Waals surface area contributed by atoms with Crippen LogP contribution in [0.25, 0.3) is 22.2 Å². The van der Waals surface area contributed by atoms with Crippen molar-refractivity contribution in [3.63, 3.8) is 0 Å². The first kappa shape index (κ1) is 17.1. The maximum absolute atomic E-state index is 10.3. The van der Waals surface area contributed by atoms with Gasteiger partial charge in [0.1, 0.15) is 12.1 Å². The van der Waals surface area contributed by atoms with E-state index in [0.717, 1.165) is 66.4 Å². The molecule has 0 aliphatic heterocycles. The monoisotopic (exact) mass is 337 g/mol. The van der Waals surface area contributed by atoms with Gasteiger partial charge in [-0.2, -0.15) is 0 Å². The number of methoxy groups -OCH3 is 1. The number of unbranched alkanes of at least 4 members (excludes halogenated alkanes) is 4. The highest BCUT2D eigenvalue weighted by Crippen LogP contribution is 2.30. The molecule has 1 N–H and O–H groups in total. The normalized spacial score (nSPS) is 10.9. The van der Waals surface area contributed by atoms with Gasteiger partial charge in [0, 0.05) is 18.2 Å². The number of para-hydroxylation sites is 1. The summed E-state index contributed by atoms with van der Waals surface area (Å²) in [6, 6.07) is 10.1. The summed E-state index contributed by atoms with van der Waals surface area (Å²) in [6.45, 7) is 0. The average Bonchev–Trinajstić information content (AvgIpc) is 3.12. The van der Waals surface area contributed by atoms with E-state index < -0.39 is 0 Å². The summed E-state index contributed by atoms with van der Waals surface area (Å²) >= 11 is 0. The predicted octanol–water partition coefficient (Wildman–Crippen LogP) is 4.33. The van der Waals surface area contributed by atoms with Crippen molar-refractivity contribution in [2.75, 3.05) is 7.11 Å². The fraction of sp³-hybridized carbons (Fsp3) is 0.350. The van der Waals surface area contributed by atoms with E-state index in [9.17, 15) is 4.79 Å². The number of carbonyl (C=O) groups is 1. The second-order valence-corrected chi connectivity index (χ2v) is 6.10. The zero-order chi connectivity index (χ0) is 17.5. The van der Waals surface area contributed by atoms with Crippen LogP contribution in [0.4, 0.5) is 0 Å². The molecule has 0 radical (unpaired) electrons. The minimum Gasteiger partial charge on any atom is -0.480 e. The van der Waals surface area contributed by atoms with E-state index >= 15 is 0 Å². The molecule has 2 aromatic heterocycles. The van der Waals surface area contributed by atoms with Crippen molar-refractivity contribution in [2.45, 2.75) is 38.5 Å². The summed E-state index contributed by atoms with van der Waals surface area (Å²) in [6.07, 6.45) is 8.66. The Hall–Kier alpha value is -2.69. The fourth-order valence-corrected chi connectivity index (χ4v) is 2.95. The SMILES string of the molecule is COc1nc2ccccc2cc1-c1cnc(CCCCCCC=O)[nH]1. The third-order valence-electron chi connectivity index (χ3n) is 4.29. The molecule has 130 valence electrons. The van der Waals surface area contributed by atoms with Crippen LogP contribution in [0.3, 0.4) is 0 Å². The number of aldehydes is 1. The number of hydrogen-bond donors (Lipinski definition) is 1. The van der Waals surface area contributed by atoms with Gasteiger partial charge in [0.25, 0.3) is 0 Å². The number of H-pyrrole nitrogens is 1. The standard InChI is InChI=1S/C20H23N3O2/c1-25-20-16(13-15-9-6-7-10-17(15)23-20)18-14-21-19(22-18)11-5-3-2-4-8-12-24/h6-7,9-10,12-14H,2-5,8,11H2,1H3,(H,21,22). The molecule has 25 heavy (non-hydrogen) atoms. The highest BCUT2D eigenvalue weighted by Gasteiger charge is 2.12. The summed E-state index contributed by atoms with van der Waals surface area (Å²) in [4.78, 5) is 22.8. The molecule has 0 fully saturated rings. The van der Waals surface area contributed by atoms with Crippen LogP contribution in [0.15, 0.2) is 36.5 Å². The average molecular weight is 337 g/mol. The highest BCUT2D eigenvalue weighted by molar-refractivity contribution is 5.85. The summed E-state index contributed by atoms with van der Waals surface area (Å²) in [5.74, 6) is 1.57. The van der Waals surface area contributed by atoms with Crippen molar-refractivity contribution in [3.8, 4) is 17.1 Å². The van der Waals surface area contributed by atoms with E-state index in [-0.39, 0.29) is 0 Å². The topological polar surface area (TPSA) is 67.9 Å². The second kappa shape index (κ2) is 8.42. The van der Waals surface area contributed by atoms with Gasteiger partial charge in [-0.1, -0.05) is 31.0 Å². The number of fused-ring (bicyclic) bond motifs is 1. The minimum atomic E-state index is 0.600. The van der Waals surface area contributed by atoms with Gasteiger partial charge in [-0.05, 0) is 25.0 Å². The Morgan fingerprint density at radius 1 is 1.16 bits per heavy atom. The van der Waals surface area contributed by atoms with Crippen LogP contribution in [0.5, 0.6) is 5.88 Å². The van der Waals surface area contributed by atoms with Gasteiger partial charge in [-0.3, -0.25) is 0 Å². The van der Waals surface area contributed by atoms with Gasteiger partial charge < -0.3 is 14.5 Å². The Morgan fingerprint density at radius 2 is 2.00 bits per heavy atom. The first-order chi connectivity index (χ1) is 12.3. The number of nitrogens with zero attached hydrogens (tertiary/aromatic N) is 2. The molecule has 0 amide bonds. The molecule has 0 saturated heterocycles. The van der Waals surface area contributed by atoms with Gasteiger partial charge in [0.05, 0.1) is 30.1 Å². The lowest BCUT2D eigenvalue weighted by atomic mass is 10.1. The Labute approximate surface area is 147 Å². The van der Waals surface area contributed by atoms with Crippen LogP contribution in [0.1, 0.15) is 37.9 Å². The van der Waals surface area contributed by atoms with E-state index in [2.05, 4.69) is 21.0 Å². The molecular weight excluding hydrogens is 314 g/mol. The number of aromatic nitrogens is 3. The number of carbonyl (C=O) groups excluding carboxylic acids is 1. The number of benzene rings is 1. The molecule has 0 unspecified atom stereocenters. The van der Waals surface area contributed by atoms with E-state index in [0.29, 0.717) is 12.3 Å². The highest BCUT2D eigenvalue weighted by atomic mass is 16.5. The van der Waals surface area contributed by atoms with Crippen LogP contribution in [0, 0.1) is 0 Å². The van der Waals surface area contributed by atoms with Gasteiger partial charge >= 0.3 is 0 Å².